The van der Waals surface area contributed by atoms with Crippen molar-refractivity contribution in [2.24, 2.45) is 5.92 Å². The molecule has 1 rings (SSSR count). The topological polar surface area (TPSA) is 21.3 Å². The van der Waals surface area contributed by atoms with Crippen molar-refractivity contribution in [3.63, 3.8) is 0 Å². The van der Waals surface area contributed by atoms with Gasteiger partial charge in [-0.05, 0) is 43.9 Å². The van der Waals surface area contributed by atoms with Gasteiger partial charge in [-0.2, -0.15) is 0 Å². The fourth-order valence-electron chi connectivity index (χ4n) is 2.62. The number of rotatable bonds is 9. The minimum absolute atomic E-state index is 0.187. The first kappa shape index (κ1) is 17.2. The van der Waals surface area contributed by atoms with E-state index in [0.29, 0.717) is 5.92 Å². The summed E-state index contributed by atoms with van der Waals surface area (Å²) in [6.45, 7) is 9.69. The van der Waals surface area contributed by atoms with E-state index in [1.54, 1.807) is 0 Å². The van der Waals surface area contributed by atoms with Crippen molar-refractivity contribution in [1.82, 2.24) is 5.32 Å². The summed E-state index contributed by atoms with van der Waals surface area (Å²) in [5.41, 5.74) is 2.69. The Balaban J connectivity index is 2.59. The van der Waals surface area contributed by atoms with Crippen LogP contribution in [-0.2, 0) is 11.2 Å². The van der Waals surface area contributed by atoms with E-state index in [9.17, 15) is 0 Å². The molecule has 0 heterocycles. The van der Waals surface area contributed by atoms with Gasteiger partial charge in [0, 0.05) is 6.61 Å². The zero-order valence-electron chi connectivity index (χ0n) is 13.8. The van der Waals surface area contributed by atoms with Crippen LogP contribution in [0.5, 0.6) is 0 Å². The Morgan fingerprint density at radius 2 is 1.75 bits per heavy atom. The second-order valence-electron chi connectivity index (χ2n) is 5.79. The number of nitrogens with one attached hydrogen (secondary N) is 1. The van der Waals surface area contributed by atoms with E-state index >= 15 is 0 Å². The highest BCUT2D eigenvalue weighted by Crippen LogP contribution is 2.20. The quantitative estimate of drug-likeness (QED) is 0.724. The Morgan fingerprint density at radius 1 is 1.10 bits per heavy atom. The van der Waals surface area contributed by atoms with Crippen molar-refractivity contribution in [3.8, 4) is 0 Å². The molecule has 20 heavy (non-hydrogen) atoms. The molecule has 0 saturated heterocycles. The lowest BCUT2D eigenvalue weighted by molar-refractivity contribution is 0.0198. The van der Waals surface area contributed by atoms with Crippen LogP contribution in [0.25, 0.3) is 0 Å². The molecule has 3 unspecified atom stereocenters. The maximum Gasteiger partial charge on any atom is 0.0741 e. The van der Waals surface area contributed by atoms with Crippen LogP contribution in [0.15, 0.2) is 24.3 Å². The molecule has 0 aromatic heterocycles. The summed E-state index contributed by atoms with van der Waals surface area (Å²) in [5.74, 6) is 0.641. The lowest BCUT2D eigenvalue weighted by atomic mass is 10.00. The van der Waals surface area contributed by atoms with E-state index in [2.05, 4.69) is 57.3 Å². The molecule has 1 N–H and O–H groups in total. The summed E-state index contributed by atoms with van der Waals surface area (Å²) < 4.78 is 6.06. The first-order chi connectivity index (χ1) is 9.62. The highest BCUT2D eigenvalue weighted by molar-refractivity contribution is 5.25. The van der Waals surface area contributed by atoms with E-state index in [-0.39, 0.29) is 12.1 Å². The first-order valence-electron chi connectivity index (χ1n) is 8.00. The number of benzene rings is 1. The third kappa shape index (κ3) is 5.26. The van der Waals surface area contributed by atoms with Crippen molar-refractivity contribution in [2.75, 3.05) is 13.7 Å². The van der Waals surface area contributed by atoms with Crippen LogP contribution < -0.4 is 5.32 Å². The Hall–Kier alpha value is -0.860. The maximum absolute atomic E-state index is 6.06. The molecule has 2 heteroatoms. The number of likely N-dealkylation sites (N-methyl/N-ethyl adjacent to an activating group) is 1. The Bertz CT molecular complexity index is 360. The smallest absolute Gasteiger partial charge is 0.0741 e. The fraction of sp³-hybridized carbons (Fsp3) is 0.667. The van der Waals surface area contributed by atoms with Crippen molar-refractivity contribution >= 4 is 0 Å². The third-order valence-corrected chi connectivity index (χ3v) is 3.95. The molecule has 3 atom stereocenters. The van der Waals surface area contributed by atoms with Gasteiger partial charge in [-0.25, -0.2) is 0 Å². The van der Waals surface area contributed by atoms with Gasteiger partial charge in [0.25, 0.3) is 0 Å². The van der Waals surface area contributed by atoms with Crippen molar-refractivity contribution < 1.29 is 4.74 Å². The highest BCUT2D eigenvalue weighted by Gasteiger charge is 2.18. The molecule has 1 aromatic rings. The van der Waals surface area contributed by atoms with Crippen LogP contribution in [0.4, 0.5) is 0 Å². The van der Waals surface area contributed by atoms with Crippen molar-refractivity contribution in [2.45, 2.75) is 59.1 Å². The van der Waals surface area contributed by atoms with Gasteiger partial charge in [-0.3, -0.25) is 0 Å². The number of ether oxygens (including phenoxy) is 1. The van der Waals surface area contributed by atoms with Gasteiger partial charge in [-0.1, -0.05) is 51.5 Å². The summed E-state index contributed by atoms with van der Waals surface area (Å²) in [4.78, 5) is 0. The molecular formula is C18H31NO. The van der Waals surface area contributed by atoms with Gasteiger partial charge in [0.1, 0.15) is 0 Å². The van der Waals surface area contributed by atoms with Gasteiger partial charge in [0.15, 0.2) is 0 Å². The van der Waals surface area contributed by atoms with E-state index in [1.165, 1.54) is 24.0 Å². The normalized spacial score (nSPS) is 15.8. The summed E-state index contributed by atoms with van der Waals surface area (Å²) in [6.07, 6.45) is 3.74. The predicted octanol–water partition coefficient (Wildman–Crippen LogP) is 4.35. The standard InChI is InChI=1S/C18H31NO/c1-6-8-14(3)13-20-15(4)18(19-5)17-11-9-16(7-2)10-12-17/h9-12,14-15,18-19H,6-8,13H2,1-5H3. The van der Waals surface area contributed by atoms with Gasteiger partial charge < -0.3 is 10.1 Å². The van der Waals surface area contributed by atoms with Crippen LogP contribution in [-0.4, -0.2) is 19.8 Å². The molecule has 0 spiro atoms. The molecule has 0 radical (unpaired) electrons. The zero-order chi connectivity index (χ0) is 15.0. The molecule has 0 fully saturated rings. The average molecular weight is 277 g/mol. The lowest BCUT2D eigenvalue weighted by Crippen LogP contribution is -2.30. The van der Waals surface area contributed by atoms with Crippen molar-refractivity contribution in [1.29, 1.82) is 0 Å². The molecule has 0 aliphatic carbocycles. The first-order valence-corrected chi connectivity index (χ1v) is 8.00. The molecule has 1 aromatic carbocycles. The van der Waals surface area contributed by atoms with Crippen molar-refractivity contribution in [3.05, 3.63) is 35.4 Å². The largest absolute Gasteiger partial charge is 0.376 e. The van der Waals surface area contributed by atoms with Crippen LogP contribution in [0, 0.1) is 5.92 Å². The van der Waals surface area contributed by atoms with Gasteiger partial charge in [0.05, 0.1) is 12.1 Å². The molecule has 0 amide bonds. The van der Waals surface area contributed by atoms with E-state index in [1.807, 2.05) is 7.05 Å². The minimum Gasteiger partial charge on any atom is -0.376 e. The molecule has 0 aliphatic heterocycles. The Morgan fingerprint density at radius 3 is 2.25 bits per heavy atom. The summed E-state index contributed by atoms with van der Waals surface area (Å²) in [6, 6.07) is 9.12. The van der Waals surface area contributed by atoms with Crippen LogP contribution in [0.2, 0.25) is 0 Å². The van der Waals surface area contributed by atoms with Gasteiger partial charge >= 0.3 is 0 Å². The predicted molar refractivity (Wildman–Crippen MR) is 87.1 cm³/mol. The molecular weight excluding hydrogens is 246 g/mol. The third-order valence-electron chi connectivity index (χ3n) is 3.95. The highest BCUT2D eigenvalue weighted by atomic mass is 16.5. The average Bonchev–Trinajstić information content (AvgIpc) is 2.47. The zero-order valence-corrected chi connectivity index (χ0v) is 13.8. The second kappa shape index (κ2) is 9.15. The molecule has 0 saturated carbocycles. The number of aryl methyl sites for hydroxylation is 1. The Kier molecular flexibility index (Phi) is 7.86. The Labute approximate surface area is 124 Å². The monoisotopic (exact) mass is 277 g/mol. The molecule has 2 nitrogen and oxygen atoms in total. The van der Waals surface area contributed by atoms with E-state index in [4.69, 9.17) is 4.74 Å². The van der Waals surface area contributed by atoms with Crippen LogP contribution in [0.3, 0.4) is 0 Å². The van der Waals surface area contributed by atoms with Crippen LogP contribution >= 0.6 is 0 Å². The van der Waals surface area contributed by atoms with E-state index in [0.717, 1.165) is 13.0 Å². The van der Waals surface area contributed by atoms with Gasteiger partial charge in [-0.15, -0.1) is 0 Å². The summed E-state index contributed by atoms with van der Waals surface area (Å²) in [5, 5.41) is 3.39. The SMILES string of the molecule is CCCC(C)COC(C)C(NC)c1ccc(CC)cc1. The molecule has 0 bridgehead atoms. The summed E-state index contributed by atoms with van der Waals surface area (Å²) in [7, 11) is 2.01. The second-order valence-corrected chi connectivity index (χ2v) is 5.79. The number of hydrogen-bond acceptors (Lipinski definition) is 2. The lowest BCUT2D eigenvalue weighted by Gasteiger charge is -2.26. The molecule has 0 aliphatic rings. The fourth-order valence-corrected chi connectivity index (χ4v) is 2.62. The minimum atomic E-state index is 0.187. The molecule has 114 valence electrons. The summed E-state index contributed by atoms with van der Waals surface area (Å²) >= 11 is 0. The van der Waals surface area contributed by atoms with E-state index < -0.39 is 0 Å². The maximum atomic E-state index is 6.06. The van der Waals surface area contributed by atoms with Gasteiger partial charge in [0.2, 0.25) is 0 Å². The number of hydrogen-bond donors (Lipinski definition) is 1. The van der Waals surface area contributed by atoms with Crippen LogP contribution in [0.1, 0.15) is 57.7 Å².